The molecule has 0 bridgehead atoms. The van der Waals surface area contributed by atoms with Crippen LogP contribution >= 0.6 is 31.2 Å². The Hall–Kier alpha value is 0.380. The lowest BCUT2D eigenvalue weighted by Crippen LogP contribution is -1.87. The number of aryl methyl sites for hydroxylation is 1. The van der Waals surface area contributed by atoms with Crippen molar-refractivity contribution in [2.45, 2.75) is 13.3 Å². The maximum absolute atomic E-state index is 2.34. The minimum atomic E-state index is 1.14. The molecule has 1 atom stereocenters. The quantitative estimate of drug-likeness (QED) is 0.452. The van der Waals surface area contributed by atoms with Crippen LogP contribution in [-0.2, 0) is 6.42 Å². The van der Waals surface area contributed by atoms with Crippen LogP contribution in [0.15, 0.2) is 24.3 Å². The second kappa shape index (κ2) is 5.93. The van der Waals surface area contributed by atoms with Gasteiger partial charge in [-0.3, -0.25) is 0 Å². The van der Waals surface area contributed by atoms with Gasteiger partial charge in [0.25, 0.3) is 0 Å². The molecule has 0 aromatic heterocycles. The molecule has 2 heteroatoms. The van der Waals surface area contributed by atoms with E-state index in [9.17, 15) is 0 Å². The maximum atomic E-state index is 2.34. The first-order chi connectivity index (χ1) is 5.83. The fourth-order valence-corrected chi connectivity index (χ4v) is 2.24. The van der Waals surface area contributed by atoms with Crippen LogP contribution in [0.5, 0.6) is 0 Å². The summed E-state index contributed by atoms with van der Waals surface area (Å²) in [6, 6.07) is 8.85. The van der Waals surface area contributed by atoms with Gasteiger partial charge >= 0.3 is 0 Å². The molecule has 0 amide bonds. The average molecular weight is 292 g/mol. The third kappa shape index (κ3) is 3.86. The lowest BCUT2D eigenvalue weighted by Gasteiger charge is -1.99. The van der Waals surface area contributed by atoms with E-state index in [4.69, 9.17) is 0 Å². The van der Waals surface area contributed by atoms with Crippen LogP contribution in [0, 0.1) is 3.57 Å². The summed E-state index contributed by atoms with van der Waals surface area (Å²) in [5.41, 5.74) is 1.48. The van der Waals surface area contributed by atoms with Gasteiger partial charge in [-0.25, -0.2) is 0 Å². The van der Waals surface area contributed by atoms with Gasteiger partial charge in [-0.05, 0) is 59.0 Å². The standard InChI is InChI=1S/C10H14IP/c1-2-12-8-7-9-3-5-10(11)6-4-9/h3-6,12H,2,7-8H2,1H3. The summed E-state index contributed by atoms with van der Waals surface area (Å²) in [6.45, 7) is 2.26. The van der Waals surface area contributed by atoms with E-state index < -0.39 is 0 Å². The number of benzene rings is 1. The van der Waals surface area contributed by atoms with E-state index in [-0.39, 0.29) is 0 Å². The molecule has 1 rings (SSSR count). The van der Waals surface area contributed by atoms with Gasteiger partial charge in [-0.15, -0.1) is 8.58 Å². The van der Waals surface area contributed by atoms with E-state index in [1.54, 1.807) is 0 Å². The van der Waals surface area contributed by atoms with Crippen LogP contribution in [0.4, 0.5) is 0 Å². The van der Waals surface area contributed by atoms with Crippen LogP contribution in [0.2, 0.25) is 0 Å². The second-order valence-corrected chi connectivity index (χ2v) is 5.68. The smallest absolute Gasteiger partial charge is 0.0130 e. The number of halogens is 1. The molecule has 0 fully saturated rings. The SMILES string of the molecule is CCPCCc1ccc(I)cc1. The van der Waals surface area contributed by atoms with Crippen LogP contribution < -0.4 is 0 Å². The summed E-state index contributed by atoms with van der Waals surface area (Å²) in [5, 5.41) is 0. The number of hydrogen-bond acceptors (Lipinski definition) is 0. The van der Waals surface area contributed by atoms with E-state index in [0.29, 0.717) is 0 Å². The third-order valence-electron chi connectivity index (χ3n) is 1.75. The minimum Gasteiger partial charge on any atom is -0.122 e. The molecule has 0 saturated carbocycles. The van der Waals surface area contributed by atoms with Crippen LogP contribution in [0.3, 0.4) is 0 Å². The molecule has 0 aliphatic carbocycles. The molecule has 0 spiro atoms. The normalized spacial score (nSPS) is 11.2. The van der Waals surface area contributed by atoms with E-state index in [1.165, 1.54) is 27.9 Å². The molecule has 1 unspecified atom stereocenters. The summed E-state index contributed by atoms with van der Waals surface area (Å²) in [7, 11) is 1.14. The van der Waals surface area contributed by atoms with Crippen molar-refractivity contribution in [1.82, 2.24) is 0 Å². The van der Waals surface area contributed by atoms with Gasteiger partial charge < -0.3 is 0 Å². The number of hydrogen-bond donors (Lipinski definition) is 0. The Kier molecular flexibility index (Phi) is 5.17. The molecule has 1 aromatic rings. The first kappa shape index (κ1) is 10.5. The number of rotatable bonds is 4. The average Bonchev–Trinajstić information content (AvgIpc) is 2.09. The first-order valence-corrected chi connectivity index (χ1v) is 6.77. The van der Waals surface area contributed by atoms with Crippen molar-refractivity contribution in [1.29, 1.82) is 0 Å². The highest BCUT2D eigenvalue weighted by Crippen LogP contribution is 2.13. The Bertz CT molecular complexity index is 218. The van der Waals surface area contributed by atoms with Crippen molar-refractivity contribution < 1.29 is 0 Å². The molecule has 0 N–H and O–H groups in total. The Morgan fingerprint density at radius 3 is 2.50 bits per heavy atom. The lowest BCUT2D eigenvalue weighted by molar-refractivity contribution is 1.15. The highest BCUT2D eigenvalue weighted by Gasteiger charge is 1.91. The van der Waals surface area contributed by atoms with Crippen molar-refractivity contribution in [3.05, 3.63) is 33.4 Å². The van der Waals surface area contributed by atoms with Gasteiger partial charge in [0.05, 0.1) is 0 Å². The zero-order chi connectivity index (χ0) is 8.81. The molecule has 0 aliphatic heterocycles. The van der Waals surface area contributed by atoms with Gasteiger partial charge in [0.1, 0.15) is 0 Å². The van der Waals surface area contributed by atoms with Gasteiger partial charge in [0.15, 0.2) is 0 Å². The second-order valence-electron chi connectivity index (χ2n) is 2.73. The van der Waals surface area contributed by atoms with Crippen molar-refractivity contribution in [2.24, 2.45) is 0 Å². The van der Waals surface area contributed by atoms with Crippen molar-refractivity contribution >= 4 is 31.2 Å². The Labute approximate surface area is 90.1 Å². The van der Waals surface area contributed by atoms with Gasteiger partial charge in [-0.1, -0.05) is 19.1 Å². The summed E-state index contributed by atoms with van der Waals surface area (Å²) < 4.78 is 1.33. The Morgan fingerprint density at radius 1 is 1.25 bits per heavy atom. The van der Waals surface area contributed by atoms with E-state index in [1.807, 2.05) is 0 Å². The van der Waals surface area contributed by atoms with E-state index in [0.717, 1.165) is 8.58 Å². The zero-order valence-electron chi connectivity index (χ0n) is 7.31. The van der Waals surface area contributed by atoms with Gasteiger partial charge in [0.2, 0.25) is 0 Å². The van der Waals surface area contributed by atoms with Crippen molar-refractivity contribution in [3.63, 3.8) is 0 Å². The molecule has 0 heterocycles. The van der Waals surface area contributed by atoms with Crippen LogP contribution in [0.1, 0.15) is 12.5 Å². The minimum absolute atomic E-state index is 1.14. The highest BCUT2D eigenvalue weighted by molar-refractivity contribution is 14.1. The molecule has 0 radical (unpaired) electrons. The Balaban J connectivity index is 2.37. The van der Waals surface area contributed by atoms with Crippen molar-refractivity contribution in [3.8, 4) is 0 Å². The largest absolute Gasteiger partial charge is 0.122 e. The van der Waals surface area contributed by atoms with Gasteiger partial charge in [-0.2, -0.15) is 0 Å². The zero-order valence-corrected chi connectivity index (χ0v) is 10.5. The lowest BCUT2D eigenvalue weighted by atomic mass is 10.2. The Morgan fingerprint density at radius 2 is 1.92 bits per heavy atom. The van der Waals surface area contributed by atoms with Gasteiger partial charge in [0, 0.05) is 3.57 Å². The fourth-order valence-electron chi connectivity index (χ4n) is 1.06. The molecule has 0 aliphatic rings. The predicted molar refractivity (Wildman–Crippen MR) is 66.6 cm³/mol. The molecular formula is C10H14IP. The summed E-state index contributed by atoms with van der Waals surface area (Å²) in [5.74, 6) is 0. The monoisotopic (exact) mass is 292 g/mol. The summed E-state index contributed by atoms with van der Waals surface area (Å²) in [6.07, 6.45) is 3.95. The molecule has 66 valence electrons. The fraction of sp³-hybridized carbons (Fsp3) is 0.400. The van der Waals surface area contributed by atoms with Crippen LogP contribution in [0.25, 0.3) is 0 Å². The highest BCUT2D eigenvalue weighted by atomic mass is 127. The molecule has 0 saturated heterocycles. The third-order valence-corrected chi connectivity index (χ3v) is 3.58. The maximum Gasteiger partial charge on any atom is 0.0130 e. The predicted octanol–water partition coefficient (Wildman–Crippen LogP) is 3.53. The summed E-state index contributed by atoms with van der Waals surface area (Å²) >= 11 is 2.34. The van der Waals surface area contributed by atoms with E-state index in [2.05, 4.69) is 53.8 Å². The van der Waals surface area contributed by atoms with Crippen molar-refractivity contribution in [2.75, 3.05) is 12.3 Å². The molecular weight excluding hydrogens is 278 g/mol. The topological polar surface area (TPSA) is 0 Å². The molecule has 0 nitrogen and oxygen atoms in total. The first-order valence-electron chi connectivity index (χ1n) is 4.28. The van der Waals surface area contributed by atoms with E-state index >= 15 is 0 Å². The summed E-state index contributed by atoms with van der Waals surface area (Å²) in [4.78, 5) is 0. The van der Waals surface area contributed by atoms with Crippen LogP contribution in [-0.4, -0.2) is 12.3 Å². The molecule has 12 heavy (non-hydrogen) atoms. The molecule has 1 aromatic carbocycles.